The Kier molecular flexibility index (Phi) is 3.50. The number of nitrogens with two attached hydrogens (primary N) is 1. The summed E-state index contributed by atoms with van der Waals surface area (Å²) in [5.41, 5.74) is 7.72. The number of hydrogen-bond donors (Lipinski definition) is 1. The normalized spacial score (nSPS) is 18.6. The van der Waals surface area contributed by atoms with Crippen LogP contribution < -0.4 is 5.73 Å². The highest BCUT2D eigenvalue weighted by molar-refractivity contribution is 5.76. The molecule has 0 spiro atoms. The quantitative estimate of drug-likeness (QED) is 0.933. The summed E-state index contributed by atoms with van der Waals surface area (Å²) in [7, 11) is 0. The lowest BCUT2D eigenvalue weighted by atomic mass is 9.80. The van der Waals surface area contributed by atoms with Crippen molar-refractivity contribution in [1.29, 1.82) is 0 Å². The molecule has 3 rings (SSSR count). The van der Waals surface area contributed by atoms with Crippen LogP contribution in [0.3, 0.4) is 0 Å². The van der Waals surface area contributed by atoms with Crippen molar-refractivity contribution in [3.8, 4) is 0 Å². The molecule has 1 aliphatic rings. The molecule has 0 bridgehead atoms. The first-order chi connectivity index (χ1) is 9.63. The van der Waals surface area contributed by atoms with E-state index in [0.29, 0.717) is 5.52 Å². The molecule has 108 valence electrons. The highest BCUT2D eigenvalue weighted by Gasteiger charge is 2.30. The molecule has 0 amide bonds. The summed E-state index contributed by atoms with van der Waals surface area (Å²) >= 11 is 0. The van der Waals surface area contributed by atoms with Crippen molar-refractivity contribution in [2.24, 2.45) is 5.73 Å². The molecule has 0 unspecified atom stereocenters. The lowest BCUT2D eigenvalue weighted by molar-refractivity contribution is 0.287. The second-order valence-corrected chi connectivity index (χ2v) is 5.98. The Morgan fingerprint density at radius 1 is 1.30 bits per heavy atom. The van der Waals surface area contributed by atoms with Gasteiger partial charge in [-0.3, -0.25) is 0 Å². The number of imidazole rings is 1. The number of halogens is 1. The molecule has 1 aliphatic carbocycles. The maximum Gasteiger partial charge on any atom is 0.151 e. The van der Waals surface area contributed by atoms with Gasteiger partial charge in [-0.05, 0) is 31.9 Å². The van der Waals surface area contributed by atoms with E-state index in [0.717, 1.165) is 37.1 Å². The Morgan fingerprint density at radius 2 is 2.05 bits per heavy atom. The lowest BCUT2D eigenvalue weighted by Crippen LogP contribution is -2.44. The molecule has 0 atom stereocenters. The van der Waals surface area contributed by atoms with Crippen molar-refractivity contribution >= 4 is 11.0 Å². The van der Waals surface area contributed by atoms with Crippen LogP contribution in [0.1, 0.15) is 44.9 Å². The van der Waals surface area contributed by atoms with Crippen LogP contribution >= 0.6 is 0 Å². The van der Waals surface area contributed by atoms with E-state index in [1.54, 1.807) is 6.07 Å². The standard InChI is InChI=1S/C16H22FN3/c1-2-20-13-8-6-7-12(17)15(13)19-14(20)11-16(18)9-4-3-5-10-16/h6-8H,2-5,9-11,18H2,1H3. The zero-order valence-corrected chi connectivity index (χ0v) is 12.0. The van der Waals surface area contributed by atoms with Crippen LogP contribution in [-0.2, 0) is 13.0 Å². The Bertz CT molecular complexity index is 611. The fourth-order valence-electron chi connectivity index (χ4n) is 3.40. The van der Waals surface area contributed by atoms with Crippen LogP contribution in [0, 0.1) is 5.82 Å². The predicted molar refractivity (Wildman–Crippen MR) is 79.1 cm³/mol. The van der Waals surface area contributed by atoms with Gasteiger partial charge in [-0.25, -0.2) is 9.37 Å². The molecule has 20 heavy (non-hydrogen) atoms. The van der Waals surface area contributed by atoms with Gasteiger partial charge in [-0.1, -0.05) is 25.3 Å². The second-order valence-electron chi connectivity index (χ2n) is 5.98. The number of benzene rings is 1. The van der Waals surface area contributed by atoms with E-state index >= 15 is 0 Å². The summed E-state index contributed by atoms with van der Waals surface area (Å²) in [5, 5.41) is 0. The van der Waals surface area contributed by atoms with Crippen molar-refractivity contribution in [3.63, 3.8) is 0 Å². The number of aromatic nitrogens is 2. The van der Waals surface area contributed by atoms with E-state index in [9.17, 15) is 4.39 Å². The number of rotatable bonds is 3. The maximum atomic E-state index is 13.9. The maximum absolute atomic E-state index is 13.9. The van der Waals surface area contributed by atoms with E-state index in [-0.39, 0.29) is 11.4 Å². The summed E-state index contributed by atoms with van der Waals surface area (Å²) in [5.74, 6) is 0.683. The van der Waals surface area contributed by atoms with Crippen molar-refractivity contribution in [3.05, 3.63) is 29.8 Å². The minimum Gasteiger partial charge on any atom is -0.328 e. The second kappa shape index (κ2) is 5.17. The molecule has 1 aromatic heterocycles. The fraction of sp³-hybridized carbons (Fsp3) is 0.562. The zero-order chi connectivity index (χ0) is 14.2. The van der Waals surface area contributed by atoms with E-state index in [1.165, 1.54) is 25.3 Å². The lowest BCUT2D eigenvalue weighted by Gasteiger charge is -2.33. The van der Waals surface area contributed by atoms with Crippen molar-refractivity contribution in [1.82, 2.24) is 9.55 Å². The molecule has 1 saturated carbocycles. The van der Waals surface area contributed by atoms with Crippen molar-refractivity contribution < 1.29 is 4.39 Å². The summed E-state index contributed by atoms with van der Waals surface area (Å²) in [6.45, 7) is 2.87. The van der Waals surface area contributed by atoms with Crippen LogP contribution in [0.15, 0.2) is 18.2 Å². The zero-order valence-electron chi connectivity index (χ0n) is 12.0. The Labute approximate surface area is 119 Å². The summed E-state index contributed by atoms with van der Waals surface area (Å²) < 4.78 is 16.0. The Morgan fingerprint density at radius 3 is 2.75 bits per heavy atom. The average Bonchev–Trinajstić information content (AvgIpc) is 2.77. The van der Waals surface area contributed by atoms with Crippen LogP contribution in [0.2, 0.25) is 0 Å². The van der Waals surface area contributed by atoms with E-state index in [4.69, 9.17) is 5.73 Å². The van der Waals surface area contributed by atoms with Gasteiger partial charge in [0.25, 0.3) is 0 Å². The van der Waals surface area contributed by atoms with Gasteiger partial charge in [0.05, 0.1) is 5.52 Å². The van der Waals surface area contributed by atoms with E-state index in [1.807, 2.05) is 6.07 Å². The molecule has 1 heterocycles. The first-order valence-corrected chi connectivity index (χ1v) is 7.55. The molecule has 1 aromatic carbocycles. The van der Waals surface area contributed by atoms with Gasteiger partial charge in [0.2, 0.25) is 0 Å². The van der Waals surface area contributed by atoms with Gasteiger partial charge in [0.1, 0.15) is 11.3 Å². The molecule has 0 aliphatic heterocycles. The smallest absolute Gasteiger partial charge is 0.151 e. The van der Waals surface area contributed by atoms with Crippen LogP contribution in [0.25, 0.3) is 11.0 Å². The summed E-state index contributed by atoms with van der Waals surface area (Å²) in [6, 6.07) is 5.15. The molecule has 0 saturated heterocycles. The van der Waals surface area contributed by atoms with E-state index < -0.39 is 0 Å². The van der Waals surface area contributed by atoms with Crippen LogP contribution in [0.5, 0.6) is 0 Å². The van der Waals surface area contributed by atoms with Crippen LogP contribution in [0.4, 0.5) is 4.39 Å². The van der Waals surface area contributed by atoms with Gasteiger partial charge >= 0.3 is 0 Å². The number of para-hydroxylation sites is 1. The first-order valence-electron chi connectivity index (χ1n) is 7.55. The summed E-state index contributed by atoms with van der Waals surface area (Å²) in [4.78, 5) is 4.53. The third-order valence-corrected chi connectivity index (χ3v) is 4.48. The molecule has 0 radical (unpaired) electrons. The third-order valence-electron chi connectivity index (χ3n) is 4.48. The number of fused-ring (bicyclic) bond motifs is 1. The largest absolute Gasteiger partial charge is 0.328 e. The number of hydrogen-bond acceptors (Lipinski definition) is 2. The van der Waals surface area contributed by atoms with Crippen LogP contribution in [-0.4, -0.2) is 15.1 Å². The molecule has 4 heteroatoms. The van der Waals surface area contributed by atoms with Crippen molar-refractivity contribution in [2.75, 3.05) is 0 Å². The minimum absolute atomic E-state index is 0.164. The van der Waals surface area contributed by atoms with Gasteiger partial charge < -0.3 is 10.3 Å². The van der Waals surface area contributed by atoms with Gasteiger partial charge in [-0.2, -0.15) is 0 Å². The average molecular weight is 275 g/mol. The fourth-order valence-corrected chi connectivity index (χ4v) is 3.40. The molecular formula is C16H22FN3. The van der Waals surface area contributed by atoms with Gasteiger partial charge in [-0.15, -0.1) is 0 Å². The highest BCUT2D eigenvalue weighted by Crippen LogP contribution is 2.30. The Balaban J connectivity index is 2.00. The van der Waals surface area contributed by atoms with Gasteiger partial charge in [0, 0.05) is 18.5 Å². The van der Waals surface area contributed by atoms with E-state index in [2.05, 4.69) is 16.5 Å². The molecular weight excluding hydrogens is 253 g/mol. The first kappa shape index (κ1) is 13.6. The molecule has 2 aromatic rings. The molecule has 3 nitrogen and oxygen atoms in total. The number of aryl methyl sites for hydroxylation is 1. The highest BCUT2D eigenvalue weighted by atomic mass is 19.1. The SMILES string of the molecule is CCn1c(CC2(N)CCCCC2)nc2c(F)cccc21. The predicted octanol–water partition coefficient (Wildman–Crippen LogP) is 3.40. The molecule has 1 fully saturated rings. The Hall–Kier alpha value is -1.42. The molecule has 2 N–H and O–H groups in total. The number of nitrogens with zero attached hydrogens (tertiary/aromatic N) is 2. The topological polar surface area (TPSA) is 43.8 Å². The minimum atomic E-state index is -0.245. The van der Waals surface area contributed by atoms with Gasteiger partial charge in [0.15, 0.2) is 5.82 Å². The summed E-state index contributed by atoms with van der Waals surface area (Å²) in [6.07, 6.45) is 6.49. The monoisotopic (exact) mass is 275 g/mol. The third kappa shape index (κ3) is 2.33. The van der Waals surface area contributed by atoms with Crippen molar-refractivity contribution in [2.45, 2.75) is 57.5 Å².